The molecule has 0 radical (unpaired) electrons. The summed E-state index contributed by atoms with van der Waals surface area (Å²) in [5, 5.41) is 3.29. The van der Waals surface area contributed by atoms with Crippen LogP contribution < -0.4 is 10.2 Å². The minimum Gasteiger partial charge on any atom is -0.378 e. The van der Waals surface area contributed by atoms with Gasteiger partial charge in [0.2, 0.25) is 5.91 Å². The van der Waals surface area contributed by atoms with Gasteiger partial charge in [-0.05, 0) is 56.5 Å². The minimum absolute atomic E-state index is 0.238. The SMILES string of the molecule is CN(C)c1ccc(C(CNC(=O)C2CCCCC2)N2CCCCC2)cc1. The van der Waals surface area contributed by atoms with E-state index in [4.69, 9.17) is 0 Å². The van der Waals surface area contributed by atoms with Crippen molar-refractivity contribution in [3.63, 3.8) is 0 Å². The lowest BCUT2D eigenvalue weighted by Gasteiger charge is -2.35. The molecule has 1 atom stereocenters. The first-order valence-corrected chi connectivity index (χ1v) is 10.4. The minimum atomic E-state index is 0.238. The Balaban J connectivity index is 1.67. The molecule has 1 N–H and O–H groups in total. The summed E-state index contributed by atoms with van der Waals surface area (Å²) in [6.45, 7) is 3.01. The fraction of sp³-hybridized carbons (Fsp3) is 0.682. The highest BCUT2D eigenvalue weighted by Crippen LogP contribution is 2.27. The average Bonchev–Trinajstić information content (AvgIpc) is 2.70. The van der Waals surface area contributed by atoms with E-state index in [9.17, 15) is 4.79 Å². The zero-order valence-electron chi connectivity index (χ0n) is 16.5. The molecule has 144 valence electrons. The van der Waals surface area contributed by atoms with Crippen molar-refractivity contribution in [3.8, 4) is 0 Å². The van der Waals surface area contributed by atoms with E-state index >= 15 is 0 Å². The second-order valence-electron chi connectivity index (χ2n) is 8.18. The first-order chi connectivity index (χ1) is 12.6. The first kappa shape index (κ1) is 19.2. The molecule has 1 aromatic rings. The molecule has 1 amide bonds. The molecule has 4 heteroatoms. The van der Waals surface area contributed by atoms with Crippen molar-refractivity contribution in [3.05, 3.63) is 29.8 Å². The molecule has 2 aliphatic rings. The Labute approximate surface area is 158 Å². The monoisotopic (exact) mass is 357 g/mol. The molecule has 0 bridgehead atoms. The Morgan fingerprint density at radius 2 is 1.65 bits per heavy atom. The number of nitrogens with zero attached hydrogens (tertiary/aromatic N) is 2. The van der Waals surface area contributed by atoms with Crippen molar-refractivity contribution >= 4 is 11.6 Å². The number of amides is 1. The number of carbonyl (C=O) groups is 1. The number of likely N-dealkylation sites (tertiary alicyclic amines) is 1. The van der Waals surface area contributed by atoms with E-state index in [0.29, 0.717) is 6.04 Å². The molecule has 4 nitrogen and oxygen atoms in total. The normalized spacial score (nSPS) is 20.5. The maximum absolute atomic E-state index is 12.6. The van der Waals surface area contributed by atoms with E-state index in [2.05, 4.69) is 53.5 Å². The van der Waals surface area contributed by atoms with Gasteiger partial charge in [0.05, 0.1) is 6.04 Å². The summed E-state index contributed by atoms with van der Waals surface area (Å²) in [5.74, 6) is 0.512. The molecular formula is C22H35N3O. The van der Waals surface area contributed by atoms with Gasteiger partial charge < -0.3 is 10.2 Å². The molecule has 1 heterocycles. The lowest BCUT2D eigenvalue weighted by Crippen LogP contribution is -2.42. The lowest BCUT2D eigenvalue weighted by molar-refractivity contribution is -0.126. The summed E-state index contributed by atoms with van der Waals surface area (Å²) >= 11 is 0. The zero-order chi connectivity index (χ0) is 18.4. The van der Waals surface area contributed by atoms with Crippen LogP contribution in [0, 0.1) is 5.92 Å². The summed E-state index contributed by atoms with van der Waals surface area (Å²) in [6, 6.07) is 9.15. The third kappa shape index (κ3) is 5.00. The van der Waals surface area contributed by atoms with Gasteiger partial charge in [-0.15, -0.1) is 0 Å². The number of carbonyl (C=O) groups excluding carboxylic acids is 1. The first-order valence-electron chi connectivity index (χ1n) is 10.4. The van der Waals surface area contributed by atoms with E-state index < -0.39 is 0 Å². The van der Waals surface area contributed by atoms with Gasteiger partial charge >= 0.3 is 0 Å². The van der Waals surface area contributed by atoms with Gasteiger partial charge in [-0.25, -0.2) is 0 Å². The van der Waals surface area contributed by atoms with Crippen LogP contribution >= 0.6 is 0 Å². The van der Waals surface area contributed by atoms with E-state index in [1.54, 1.807) is 0 Å². The van der Waals surface area contributed by atoms with E-state index in [0.717, 1.165) is 32.5 Å². The van der Waals surface area contributed by atoms with Gasteiger partial charge in [0.25, 0.3) is 0 Å². The molecule has 1 saturated carbocycles. The van der Waals surface area contributed by atoms with Crippen molar-refractivity contribution in [1.82, 2.24) is 10.2 Å². The number of hydrogen-bond donors (Lipinski definition) is 1. The number of rotatable bonds is 6. The number of hydrogen-bond acceptors (Lipinski definition) is 3. The number of benzene rings is 1. The maximum atomic E-state index is 12.6. The summed E-state index contributed by atoms with van der Waals surface area (Å²) in [7, 11) is 4.14. The van der Waals surface area contributed by atoms with Crippen LogP contribution in [0.1, 0.15) is 63.0 Å². The molecule has 1 aliphatic heterocycles. The largest absolute Gasteiger partial charge is 0.378 e. The highest BCUT2D eigenvalue weighted by atomic mass is 16.1. The Morgan fingerprint density at radius 3 is 2.27 bits per heavy atom. The number of nitrogens with one attached hydrogen (secondary N) is 1. The van der Waals surface area contributed by atoms with Crippen molar-refractivity contribution in [2.24, 2.45) is 5.92 Å². The standard InChI is InChI=1S/C22H35N3O/c1-24(2)20-13-11-18(12-14-20)21(25-15-7-4-8-16-25)17-23-22(26)19-9-5-3-6-10-19/h11-14,19,21H,3-10,15-17H2,1-2H3,(H,23,26). The lowest BCUT2D eigenvalue weighted by atomic mass is 9.88. The average molecular weight is 358 g/mol. The van der Waals surface area contributed by atoms with E-state index in [-0.39, 0.29) is 11.8 Å². The van der Waals surface area contributed by atoms with Gasteiger partial charge in [-0.2, -0.15) is 0 Å². The van der Waals surface area contributed by atoms with E-state index in [1.807, 2.05) is 0 Å². The third-order valence-electron chi connectivity index (χ3n) is 6.07. The van der Waals surface area contributed by atoms with Crippen LogP contribution in [0.15, 0.2) is 24.3 Å². The van der Waals surface area contributed by atoms with Gasteiger partial charge in [0.1, 0.15) is 0 Å². The molecule has 26 heavy (non-hydrogen) atoms. The molecular weight excluding hydrogens is 322 g/mol. The second-order valence-corrected chi connectivity index (χ2v) is 8.18. The van der Waals surface area contributed by atoms with E-state index in [1.165, 1.54) is 49.8 Å². The van der Waals surface area contributed by atoms with Crippen LogP contribution in [0.4, 0.5) is 5.69 Å². The zero-order valence-corrected chi connectivity index (χ0v) is 16.5. The Kier molecular flexibility index (Phi) is 6.95. The predicted molar refractivity (Wildman–Crippen MR) is 109 cm³/mol. The van der Waals surface area contributed by atoms with Crippen LogP contribution in [0.2, 0.25) is 0 Å². The molecule has 1 saturated heterocycles. The van der Waals surface area contributed by atoms with Gasteiger partial charge in [-0.3, -0.25) is 9.69 Å². The number of piperidine rings is 1. The van der Waals surface area contributed by atoms with Crippen LogP contribution in [-0.2, 0) is 4.79 Å². The fourth-order valence-corrected chi connectivity index (χ4v) is 4.39. The molecule has 0 aromatic heterocycles. The summed E-state index contributed by atoms with van der Waals surface area (Å²) in [5.41, 5.74) is 2.54. The third-order valence-corrected chi connectivity index (χ3v) is 6.07. The molecule has 3 rings (SSSR count). The Bertz CT molecular complexity index is 557. The molecule has 1 unspecified atom stereocenters. The molecule has 1 aromatic carbocycles. The van der Waals surface area contributed by atoms with Crippen molar-refractivity contribution in [1.29, 1.82) is 0 Å². The summed E-state index contributed by atoms with van der Waals surface area (Å²) in [6.07, 6.45) is 9.70. The smallest absolute Gasteiger partial charge is 0.223 e. The fourth-order valence-electron chi connectivity index (χ4n) is 4.39. The van der Waals surface area contributed by atoms with Crippen LogP contribution in [0.25, 0.3) is 0 Å². The van der Waals surface area contributed by atoms with Crippen LogP contribution in [0.3, 0.4) is 0 Å². The maximum Gasteiger partial charge on any atom is 0.223 e. The van der Waals surface area contributed by atoms with Gasteiger partial charge in [0.15, 0.2) is 0 Å². The van der Waals surface area contributed by atoms with Crippen molar-refractivity contribution < 1.29 is 4.79 Å². The van der Waals surface area contributed by atoms with Crippen LogP contribution in [-0.4, -0.2) is 44.5 Å². The van der Waals surface area contributed by atoms with Gasteiger partial charge in [0, 0.05) is 32.2 Å². The van der Waals surface area contributed by atoms with Crippen molar-refractivity contribution in [2.75, 3.05) is 38.6 Å². The van der Waals surface area contributed by atoms with Gasteiger partial charge in [-0.1, -0.05) is 37.8 Å². The van der Waals surface area contributed by atoms with Crippen molar-refractivity contribution in [2.45, 2.75) is 57.4 Å². The second kappa shape index (κ2) is 9.40. The highest BCUT2D eigenvalue weighted by Gasteiger charge is 2.25. The summed E-state index contributed by atoms with van der Waals surface area (Å²) in [4.78, 5) is 17.3. The molecule has 1 aliphatic carbocycles. The topological polar surface area (TPSA) is 35.6 Å². The molecule has 2 fully saturated rings. The summed E-state index contributed by atoms with van der Waals surface area (Å²) < 4.78 is 0. The quantitative estimate of drug-likeness (QED) is 0.836. The number of anilines is 1. The predicted octanol–water partition coefficient (Wildman–Crippen LogP) is 3.98. The highest BCUT2D eigenvalue weighted by molar-refractivity contribution is 5.78. The molecule has 0 spiro atoms. The van der Waals surface area contributed by atoms with Crippen LogP contribution in [0.5, 0.6) is 0 Å². The Hall–Kier alpha value is -1.55. The Morgan fingerprint density at radius 1 is 1.04 bits per heavy atom.